The minimum Gasteiger partial charge on any atom is -0.495 e. The van der Waals surface area contributed by atoms with Crippen LogP contribution in [0.25, 0.3) is 0 Å². The molecule has 0 aliphatic rings. The molecule has 0 aliphatic carbocycles. The van der Waals surface area contributed by atoms with Crippen molar-refractivity contribution in [2.75, 3.05) is 7.11 Å². The summed E-state index contributed by atoms with van der Waals surface area (Å²) in [6.07, 6.45) is -4.56. The van der Waals surface area contributed by atoms with E-state index in [9.17, 15) is 18.0 Å². The molecule has 0 saturated carbocycles. The molecule has 0 bridgehead atoms. The van der Waals surface area contributed by atoms with Gasteiger partial charge in [-0.3, -0.25) is 4.79 Å². The Kier molecular flexibility index (Phi) is 3.62. The van der Waals surface area contributed by atoms with E-state index < -0.39 is 23.3 Å². The third-order valence-electron chi connectivity index (χ3n) is 1.94. The van der Waals surface area contributed by atoms with Crippen LogP contribution >= 0.6 is 15.9 Å². The van der Waals surface area contributed by atoms with Crippen LogP contribution in [0.5, 0.6) is 5.75 Å². The summed E-state index contributed by atoms with van der Waals surface area (Å²) in [5, 5.41) is 0. The number of hydrogen-bond acceptors (Lipinski definition) is 2. The maximum atomic E-state index is 12.6. The number of halogens is 4. The molecule has 0 aromatic heterocycles. The van der Waals surface area contributed by atoms with Gasteiger partial charge in [-0.1, -0.05) is 15.9 Å². The molecular weight excluding hydrogens is 289 g/mol. The van der Waals surface area contributed by atoms with Crippen LogP contribution in [0, 0.1) is 0 Å². The number of carbonyl (C=O) groups is 1. The molecule has 0 saturated heterocycles. The van der Waals surface area contributed by atoms with Gasteiger partial charge in [0.05, 0.1) is 18.2 Å². The summed E-state index contributed by atoms with van der Waals surface area (Å²) in [5.41, 5.74) is -1.06. The zero-order valence-corrected chi connectivity index (χ0v) is 10.1. The Morgan fingerprint density at radius 1 is 1.38 bits per heavy atom. The molecular formula is C10H8BrF3O2. The van der Waals surface area contributed by atoms with E-state index in [1.165, 1.54) is 13.0 Å². The lowest BCUT2D eigenvalue weighted by Gasteiger charge is -2.15. The van der Waals surface area contributed by atoms with E-state index in [0.29, 0.717) is 0 Å². The molecule has 0 heterocycles. The Morgan fingerprint density at radius 2 is 1.94 bits per heavy atom. The molecule has 6 heteroatoms. The van der Waals surface area contributed by atoms with Crippen molar-refractivity contribution in [2.45, 2.75) is 13.1 Å². The van der Waals surface area contributed by atoms with E-state index in [2.05, 4.69) is 20.7 Å². The molecule has 1 aromatic rings. The van der Waals surface area contributed by atoms with E-state index >= 15 is 0 Å². The zero-order chi connectivity index (χ0) is 12.5. The minimum atomic E-state index is -4.56. The van der Waals surface area contributed by atoms with E-state index in [1.54, 1.807) is 0 Å². The first-order valence-corrected chi connectivity index (χ1v) is 5.02. The van der Waals surface area contributed by atoms with Crippen molar-refractivity contribution in [3.8, 4) is 5.75 Å². The van der Waals surface area contributed by atoms with Crippen LogP contribution in [0.4, 0.5) is 13.2 Å². The summed E-state index contributed by atoms with van der Waals surface area (Å²) in [6, 6.07) is 2.18. The van der Waals surface area contributed by atoms with Crippen LogP contribution in [0.15, 0.2) is 16.6 Å². The number of ketones is 1. The Balaban J connectivity index is 3.55. The Hall–Kier alpha value is -1.04. The molecule has 88 valence electrons. The number of ether oxygens (including phenoxy) is 1. The monoisotopic (exact) mass is 296 g/mol. The molecule has 1 aromatic carbocycles. The quantitative estimate of drug-likeness (QED) is 0.778. The Labute approximate surface area is 98.5 Å². The second-order valence-corrected chi connectivity index (χ2v) is 4.00. The Bertz CT molecular complexity index is 427. The van der Waals surface area contributed by atoms with Gasteiger partial charge in [0.2, 0.25) is 0 Å². The second-order valence-electron chi connectivity index (χ2n) is 3.09. The average molecular weight is 297 g/mol. The molecule has 0 radical (unpaired) electrons. The van der Waals surface area contributed by atoms with Crippen LogP contribution in [-0.2, 0) is 6.18 Å². The van der Waals surface area contributed by atoms with Crippen LogP contribution in [-0.4, -0.2) is 12.9 Å². The number of Topliss-reactive ketones (excluding diaryl/α,β-unsaturated/α-hetero) is 1. The van der Waals surface area contributed by atoms with Gasteiger partial charge in [-0.2, -0.15) is 13.2 Å². The normalized spacial score (nSPS) is 11.4. The van der Waals surface area contributed by atoms with Gasteiger partial charge in [0.25, 0.3) is 0 Å². The highest BCUT2D eigenvalue weighted by Crippen LogP contribution is 2.40. The lowest BCUT2D eigenvalue weighted by atomic mass is 10.1. The van der Waals surface area contributed by atoms with E-state index in [0.717, 1.165) is 13.2 Å². The lowest BCUT2D eigenvalue weighted by molar-refractivity contribution is -0.138. The largest absolute Gasteiger partial charge is 0.495 e. The highest BCUT2D eigenvalue weighted by Gasteiger charge is 2.36. The van der Waals surface area contributed by atoms with Crippen molar-refractivity contribution in [1.82, 2.24) is 0 Å². The molecule has 0 fully saturated rings. The van der Waals surface area contributed by atoms with Crippen LogP contribution in [0.2, 0.25) is 0 Å². The van der Waals surface area contributed by atoms with Gasteiger partial charge in [-0.05, 0) is 19.1 Å². The summed E-state index contributed by atoms with van der Waals surface area (Å²) in [6.45, 7) is 1.18. The Morgan fingerprint density at radius 3 is 2.31 bits per heavy atom. The molecule has 0 spiro atoms. The number of methoxy groups -OCH3 is 1. The van der Waals surface area contributed by atoms with Gasteiger partial charge >= 0.3 is 6.18 Å². The van der Waals surface area contributed by atoms with Crippen molar-refractivity contribution < 1.29 is 22.7 Å². The number of carbonyl (C=O) groups excluding carboxylic acids is 1. The topological polar surface area (TPSA) is 26.3 Å². The zero-order valence-electron chi connectivity index (χ0n) is 8.48. The highest BCUT2D eigenvalue weighted by molar-refractivity contribution is 9.10. The fraction of sp³-hybridized carbons (Fsp3) is 0.300. The molecule has 16 heavy (non-hydrogen) atoms. The van der Waals surface area contributed by atoms with Crippen molar-refractivity contribution >= 4 is 21.7 Å². The molecule has 2 nitrogen and oxygen atoms in total. The maximum absolute atomic E-state index is 12.6. The van der Waals surface area contributed by atoms with Crippen molar-refractivity contribution in [3.63, 3.8) is 0 Å². The van der Waals surface area contributed by atoms with E-state index in [-0.39, 0.29) is 10.0 Å². The highest BCUT2D eigenvalue weighted by atomic mass is 79.9. The fourth-order valence-corrected chi connectivity index (χ4v) is 1.74. The average Bonchev–Trinajstić information content (AvgIpc) is 2.14. The van der Waals surface area contributed by atoms with Crippen LogP contribution < -0.4 is 4.74 Å². The first kappa shape index (κ1) is 13.0. The van der Waals surface area contributed by atoms with Gasteiger partial charge < -0.3 is 4.74 Å². The summed E-state index contributed by atoms with van der Waals surface area (Å²) in [5.74, 6) is -0.924. The summed E-state index contributed by atoms with van der Waals surface area (Å²) in [4.78, 5) is 11.2. The fourth-order valence-electron chi connectivity index (χ4n) is 1.29. The molecule has 0 atom stereocenters. The summed E-state index contributed by atoms with van der Waals surface area (Å²) < 4.78 is 42.8. The summed E-state index contributed by atoms with van der Waals surface area (Å²) >= 11 is 2.93. The van der Waals surface area contributed by atoms with Gasteiger partial charge in [0, 0.05) is 4.47 Å². The first-order chi connectivity index (χ1) is 7.27. The SMILES string of the molecule is COc1c(C(C)=O)cc(Br)cc1C(F)(F)F. The second kappa shape index (κ2) is 4.45. The maximum Gasteiger partial charge on any atom is 0.420 e. The minimum absolute atomic E-state index is 0.0933. The number of benzene rings is 1. The van der Waals surface area contributed by atoms with Gasteiger partial charge in [0.15, 0.2) is 5.78 Å². The smallest absolute Gasteiger partial charge is 0.420 e. The molecule has 1 rings (SSSR count). The standard InChI is InChI=1S/C10H8BrF3O2/c1-5(15)7-3-6(11)4-8(9(7)16-2)10(12,13)14/h3-4H,1-2H3. The molecule has 0 unspecified atom stereocenters. The van der Waals surface area contributed by atoms with Gasteiger partial charge in [-0.25, -0.2) is 0 Å². The predicted octanol–water partition coefficient (Wildman–Crippen LogP) is 3.68. The number of rotatable bonds is 2. The number of alkyl halides is 3. The van der Waals surface area contributed by atoms with E-state index in [1.807, 2.05) is 0 Å². The third-order valence-corrected chi connectivity index (χ3v) is 2.40. The van der Waals surface area contributed by atoms with Crippen LogP contribution in [0.1, 0.15) is 22.8 Å². The lowest BCUT2D eigenvalue weighted by Crippen LogP contribution is -2.10. The van der Waals surface area contributed by atoms with Crippen LogP contribution in [0.3, 0.4) is 0 Å². The van der Waals surface area contributed by atoms with Crippen molar-refractivity contribution in [3.05, 3.63) is 27.7 Å². The van der Waals surface area contributed by atoms with Gasteiger partial charge in [0.1, 0.15) is 5.75 Å². The molecule has 0 aliphatic heterocycles. The predicted molar refractivity (Wildman–Crippen MR) is 55.7 cm³/mol. The van der Waals surface area contributed by atoms with Crippen molar-refractivity contribution in [2.24, 2.45) is 0 Å². The first-order valence-electron chi connectivity index (χ1n) is 4.23. The summed E-state index contributed by atoms with van der Waals surface area (Å²) in [7, 11) is 1.10. The van der Waals surface area contributed by atoms with Crippen molar-refractivity contribution in [1.29, 1.82) is 0 Å². The van der Waals surface area contributed by atoms with Gasteiger partial charge in [-0.15, -0.1) is 0 Å². The molecule has 0 N–H and O–H groups in total. The molecule has 0 amide bonds. The number of hydrogen-bond donors (Lipinski definition) is 0. The third kappa shape index (κ3) is 2.55. The van der Waals surface area contributed by atoms with E-state index in [4.69, 9.17) is 0 Å².